The van der Waals surface area contributed by atoms with E-state index in [2.05, 4.69) is 61.9 Å². The fraction of sp³-hybridized carbons (Fsp3) is 0.480. The van der Waals surface area contributed by atoms with E-state index in [-0.39, 0.29) is 17.2 Å². The number of rotatable bonds is 7. The Kier molecular flexibility index (Phi) is 6.93. The van der Waals surface area contributed by atoms with Gasteiger partial charge < -0.3 is 21.3 Å². The highest BCUT2D eigenvalue weighted by Crippen LogP contribution is 2.43. The summed E-state index contributed by atoms with van der Waals surface area (Å²) >= 11 is 0. The van der Waals surface area contributed by atoms with Crippen molar-refractivity contribution in [2.45, 2.75) is 44.1 Å². The van der Waals surface area contributed by atoms with Crippen molar-refractivity contribution in [3.05, 3.63) is 59.8 Å². The van der Waals surface area contributed by atoms with Gasteiger partial charge in [-0.15, -0.1) is 0 Å². The van der Waals surface area contributed by atoms with E-state index in [1.165, 1.54) is 24.8 Å². The molecule has 2 fully saturated rings. The van der Waals surface area contributed by atoms with Crippen molar-refractivity contribution in [3.8, 4) is 0 Å². The number of benzene rings is 1. The van der Waals surface area contributed by atoms with Crippen molar-refractivity contribution in [2.24, 2.45) is 16.6 Å². The van der Waals surface area contributed by atoms with E-state index in [4.69, 9.17) is 5.73 Å². The lowest BCUT2D eigenvalue weighted by Gasteiger charge is -2.43. The maximum Gasteiger partial charge on any atom is 0.220 e. The Balaban J connectivity index is 1.35. The molecule has 7 nitrogen and oxygen atoms in total. The molecule has 0 radical (unpaired) electrons. The van der Waals surface area contributed by atoms with Crippen molar-refractivity contribution in [1.29, 1.82) is 0 Å². The van der Waals surface area contributed by atoms with E-state index in [0.717, 1.165) is 49.8 Å². The number of piperidine rings is 1. The number of hydrogen-bond acceptors (Lipinski definition) is 4. The van der Waals surface area contributed by atoms with Gasteiger partial charge in [0.15, 0.2) is 5.96 Å². The minimum absolute atomic E-state index is 0.0250. The highest BCUT2D eigenvalue weighted by atomic mass is 16.1. The van der Waals surface area contributed by atoms with Crippen LogP contribution in [0.4, 0.5) is 5.82 Å². The number of aliphatic imine (C=N–C) groups is 1. The van der Waals surface area contributed by atoms with Gasteiger partial charge in [-0.05, 0) is 37.3 Å². The number of amides is 1. The molecular formula is C25H34N6O. The van der Waals surface area contributed by atoms with E-state index in [0.29, 0.717) is 6.54 Å². The SMILES string of the molecule is CN=C(NCc1cccnc1N1CCC(C(N)=O)CC1)NCC1(c2ccccc2)CCC1. The van der Waals surface area contributed by atoms with Crippen molar-refractivity contribution >= 4 is 17.7 Å². The first-order chi connectivity index (χ1) is 15.6. The molecule has 2 heterocycles. The van der Waals surface area contributed by atoms with E-state index >= 15 is 0 Å². The normalized spacial score (nSPS) is 18.7. The second kappa shape index (κ2) is 10.0. The average Bonchev–Trinajstić information content (AvgIpc) is 2.81. The zero-order valence-corrected chi connectivity index (χ0v) is 18.9. The lowest BCUT2D eigenvalue weighted by molar-refractivity contribution is -0.122. The highest BCUT2D eigenvalue weighted by Gasteiger charge is 2.38. The molecule has 0 spiro atoms. The number of carbonyl (C=O) groups is 1. The summed E-state index contributed by atoms with van der Waals surface area (Å²) in [5, 5.41) is 7.01. The van der Waals surface area contributed by atoms with Crippen LogP contribution in [0.3, 0.4) is 0 Å². The molecule has 32 heavy (non-hydrogen) atoms. The fourth-order valence-electron chi connectivity index (χ4n) is 4.84. The molecule has 1 amide bonds. The molecule has 4 rings (SSSR count). The van der Waals surface area contributed by atoms with Gasteiger partial charge in [-0.25, -0.2) is 4.98 Å². The van der Waals surface area contributed by atoms with Crippen molar-refractivity contribution < 1.29 is 4.79 Å². The van der Waals surface area contributed by atoms with Crippen LogP contribution in [0, 0.1) is 5.92 Å². The van der Waals surface area contributed by atoms with Crippen LogP contribution in [-0.2, 0) is 16.8 Å². The van der Waals surface area contributed by atoms with E-state index < -0.39 is 0 Å². The molecule has 1 aromatic heterocycles. The molecule has 170 valence electrons. The zero-order chi connectivity index (χ0) is 22.4. The summed E-state index contributed by atoms with van der Waals surface area (Å²) in [4.78, 5) is 22.8. The van der Waals surface area contributed by atoms with Crippen LogP contribution in [-0.4, -0.2) is 43.5 Å². The Morgan fingerprint density at radius 3 is 2.53 bits per heavy atom. The molecule has 1 aliphatic heterocycles. The van der Waals surface area contributed by atoms with Gasteiger partial charge in [0.05, 0.1) is 0 Å². The standard InChI is InChI=1S/C25H34N6O/c1-27-24(30-18-25(12-6-13-25)21-8-3-2-4-9-21)29-17-20-7-5-14-28-23(20)31-15-10-19(11-16-31)22(26)32/h2-5,7-9,14,19H,6,10-13,15-18H2,1H3,(H2,26,32)(H2,27,29,30). The molecule has 0 atom stereocenters. The third-order valence-corrected chi connectivity index (χ3v) is 7.03. The molecule has 2 aromatic rings. The van der Waals surface area contributed by atoms with E-state index in [1.807, 2.05) is 19.3 Å². The molecule has 1 saturated carbocycles. The van der Waals surface area contributed by atoms with E-state index in [9.17, 15) is 4.79 Å². The first-order valence-electron chi connectivity index (χ1n) is 11.6. The number of nitrogens with two attached hydrogens (primary N) is 1. The Bertz CT molecular complexity index is 932. The number of pyridine rings is 1. The molecule has 1 saturated heterocycles. The van der Waals surface area contributed by atoms with E-state index in [1.54, 1.807) is 0 Å². The first kappa shape index (κ1) is 22.1. The van der Waals surface area contributed by atoms with Gasteiger partial charge in [-0.1, -0.05) is 42.8 Å². The van der Waals surface area contributed by atoms with Crippen molar-refractivity contribution in [2.75, 3.05) is 31.6 Å². The minimum Gasteiger partial charge on any atom is -0.369 e. The molecular weight excluding hydrogens is 400 g/mol. The molecule has 7 heteroatoms. The fourth-order valence-corrected chi connectivity index (χ4v) is 4.84. The number of nitrogens with one attached hydrogen (secondary N) is 2. The number of carbonyl (C=O) groups excluding carboxylic acids is 1. The molecule has 0 unspecified atom stereocenters. The van der Waals surface area contributed by atoms with Crippen LogP contribution in [0.2, 0.25) is 0 Å². The monoisotopic (exact) mass is 434 g/mol. The molecule has 0 bridgehead atoms. The van der Waals surface area contributed by atoms with Crippen LogP contribution in [0.1, 0.15) is 43.2 Å². The summed E-state index contributed by atoms with van der Waals surface area (Å²) in [6.45, 7) is 3.10. The van der Waals surface area contributed by atoms with Crippen molar-refractivity contribution in [3.63, 3.8) is 0 Å². The number of primary amides is 1. The molecule has 1 aliphatic carbocycles. The highest BCUT2D eigenvalue weighted by molar-refractivity contribution is 5.80. The minimum atomic E-state index is -0.192. The summed E-state index contributed by atoms with van der Waals surface area (Å²) < 4.78 is 0. The van der Waals surface area contributed by atoms with Crippen LogP contribution in [0.15, 0.2) is 53.7 Å². The first-order valence-corrected chi connectivity index (χ1v) is 11.6. The third-order valence-electron chi connectivity index (χ3n) is 7.03. The summed E-state index contributed by atoms with van der Waals surface area (Å²) in [5.41, 5.74) is 8.21. The molecule has 2 aliphatic rings. The lowest BCUT2D eigenvalue weighted by atomic mass is 9.64. The van der Waals surface area contributed by atoms with Gasteiger partial charge in [0.25, 0.3) is 0 Å². The Hall–Kier alpha value is -3.09. The van der Waals surface area contributed by atoms with Crippen LogP contribution < -0.4 is 21.3 Å². The second-order valence-corrected chi connectivity index (χ2v) is 8.93. The predicted octanol–water partition coefficient (Wildman–Crippen LogP) is 2.57. The Labute approximate surface area is 190 Å². The van der Waals surface area contributed by atoms with Gasteiger partial charge >= 0.3 is 0 Å². The summed E-state index contributed by atoms with van der Waals surface area (Å²) in [6.07, 6.45) is 7.07. The quantitative estimate of drug-likeness (QED) is 0.460. The summed E-state index contributed by atoms with van der Waals surface area (Å²) in [7, 11) is 1.81. The van der Waals surface area contributed by atoms with Gasteiger partial charge in [0, 0.05) is 56.3 Å². The van der Waals surface area contributed by atoms with Crippen LogP contribution in [0.25, 0.3) is 0 Å². The largest absolute Gasteiger partial charge is 0.369 e. The Morgan fingerprint density at radius 1 is 1.16 bits per heavy atom. The van der Waals surface area contributed by atoms with Gasteiger partial charge in [0.2, 0.25) is 5.91 Å². The predicted molar refractivity (Wildman–Crippen MR) is 129 cm³/mol. The molecule has 4 N–H and O–H groups in total. The Morgan fingerprint density at radius 2 is 1.91 bits per heavy atom. The van der Waals surface area contributed by atoms with Gasteiger partial charge in [-0.3, -0.25) is 9.79 Å². The molecule has 1 aromatic carbocycles. The maximum atomic E-state index is 11.5. The van der Waals surface area contributed by atoms with Gasteiger partial charge in [0.1, 0.15) is 5.82 Å². The number of hydrogen-bond donors (Lipinski definition) is 3. The summed E-state index contributed by atoms with van der Waals surface area (Å²) in [5.74, 6) is 1.55. The lowest BCUT2D eigenvalue weighted by Crippen LogP contribution is -2.48. The topological polar surface area (TPSA) is 95.6 Å². The number of nitrogens with zero attached hydrogens (tertiary/aromatic N) is 3. The van der Waals surface area contributed by atoms with Crippen LogP contribution >= 0.6 is 0 Å². The zero-order valence-electron chi connectivity index (χ0n) is 18.9. The maximum absolute atomic E-state index is 11.5. The smallest absolute Gasteiger partial charge is 0.220 e. The van der Waals surface area contributed by atoms with Crippen LogP contribution in [0.5, 0.6) is 0 Å². The number of anilines is 1. The summed E-state index contributed by atoms with van der Waals surface area (Å²) in [6, 6.07) is 14.9. The third kappa shape index (κ3) is 4.87. The average molecular weight is 435 g/mol. The van der Waals surface area contributed by atoms with Crippen molar-refractivity contribution in [1.82, 2.24) is 15.6 Å². The second-order valence-electron chi connectivity index (χ2n) is 8.93. The van der Waals surface area contributed by atoms with Gasteiger partial charge in [-0.2, -0.15) is 0 Å². The number of aromatic nitrogens is 1. The number of guanidine groups is 1.